The van der Waals surface area contributed by atoms with Crippen molar-refractivity contribution in [3.63, 3.8) is 0 Å². The minimum atomic E-state index is -0.786. The van der Waals surface area contributed by atoms with Crippen molar-refractivity contribution >= 4 is 5.97 Å². The molecule has 2 nitrogen and oxygen atoms in total. The number of carboxylic acids is 1. The van der Waals surface area contributed by atoms with Gasteiger partial charge in [0.25, 0.3) is 0 Å². The first-order valence-corrected chi connectivity index (χ1v) is 4.96. The summed E-state index contributed by atoms with van der Waals surface area (Å²) in [5.74, 6) is -0.786. The van der Waals surface area contributed by atoms with Gasteiger partial charge in [-0.3, -0.25) is 4.79 Å². The second kappa shape index (κ2) is 9.71. The largest absolute Gasteiger partial charge is 1.00 e. The Bertz CT molecular complexity index is 374. The van der Waals surface area contributed by atoms with Crippen LogP contribution in [-0.4, -0.2) is 11.1 Å². The van der Waals surface area contributed by atoms with Gasteiger partial charge in [0.1, 0.15) is 0 Å². The van der Waals surface area contributed by atoms with E-state index in [-0.39, 0.29) is 25.3 Å². The standard InChI is InChI=1S/C8H8O2.C6H5.Li/c9-8(10)6-7-4-2-1-3-5-7;1-2-4-6-5-3-1;/h1-5H,6H2,(H,9,10);1-5H;/q;-1;+1. The Morgan fingerprint density at radius 1 is 1.00 bits per heavy atom. The molecule has 0 aliphatic heterocycles. The van der Waals surface area contributed by atoms with E-state index in [1.54, 1.807) is 12.1 Å². The van der Waals surface area contributed by atoms with Crippen molar-refractivity contribution in [1.29, 1.82) is 0 Å². The summed E-state index contributed by atoms with van der Waals surface area (Å²) in [6.07, 6.45) is 0.112. The van der Waals surface area contributed by atoms with Gasteiger partial charge in [-0.05, 0) is 5.56 Å². The summed E-state index contributed by atoms with van der Waals surface area (Å²) in [5.41, 5.74) is 0.843. The van der Waals surface area contributed by atoms with Crippen molar-refractivity contribution in [3.05, 3.63) is 72.3 Å². The third-order valence-electron chi connectivity index (χ3n) is 1.81. The topological polar surface area (TPSA) is 37.3 Å². The maximum Gasteiger partial charge on any atom is 1.00 e. The average Bonchev–Trinajstić information content (AvgIpc) is 2.32. The number of benzene rings is 2. The van der Waals surface area contributed by atoms with Crippen molar-refractivity contribution in [3.8, 4) is 0 Å². The Morgan fingerprint density at radius 3 is 1.88 bits per heavy atom. The van der Waals surface area contributed by atoms with Gasteiger partial charge in [0.2, 0.25) is 0 Å². The molecule has 0 spiro atoms. The first-order valence-electron chi connectivity index (χ1n) is 4.96. The van der Waals surface area contributed by atoms with Crippen LogP contribution in [0.15, 0.2) is 60.7 Å². The molecule has 0 saturated heterocycles. The molecule has 0 aliphatic carbocycles. The Kier molecular flexibility index (Phi) is 8.86. The van der Waals surface area contributed by atoms with Gasteiger partial charge >= 0.3 is 24.8 Å². The van der Waals surface area contributed by atoms with Crippen LogP contribution in [-0.2, 0) is 11.2 Å². The average molecular weight is 220 g/mol. The van der Waals surface area contributed by atoms with E-state index in [0.717, 1.165) is 5.56 Å². The number of aliphatic carboxylic acids is 1. The van der Waals surface area contributed by atoms with Gasteiger partial charge in [-0.25, -0.2) is 0 Å². The van der Waals surface area contributed by atoms with Gasteiger partial charge in [0.05, 0.1) is 6.42 Å². The van der Waals surface area contributed by atoms with Crippen LogP contribution in [0.5, 0.6) is 0 Å². The van der Waals surface area contributed by atoms with Crippen LogP contribution >= 0.6 is 0 Å². The Labute approximate surface area is 113 Å². The van der Waals surface area contributed by atoms with Gasteiger partial charge in [-0.2, -0.15) is 36.4 Å². The summed E-state index contributed by atoms with van der Waals surface area (Å²) in [5, 5.41) is 8.37. The van der Waals surface area contributed by atoms with E-state index in [0.29, 0.717) is 0 Å². The Hall–Kier alpha value is -1.49. The maximum atomic E-state index is 10.2. The summed E-state index contributed by atoms with van der Waals surface area (Å²) in [4.78, 5) is 10.2. The van der Waals surface area contributed by atoms with Crippen LogP contribution in [0.1, 0.15) is 5.56 Å². The van der Waals surface area contributed by atoms with Gasteiger partial charge in [-0.15, -0.1) is 0 Å². The third-order valence-corrected chi connectivity index (χ3v) is 1.81. The van der Waals surface area contributed by atoms with Crippen molar-refractivity contribution < 1.29 is 28.8 Å². The second-order valence-electron chi connectivity index (χ2n) is 3.13. The smallest absolute Gasteiger partial charge is 0.481 e. The molecule has 2 aromatic rings. The number of rotatable bonds is 2. The van der Waals surface area contributed by atoms with Crippen LogP contribution < -0.4 is 18.9 Å². The predicted molar refractivity (Wildman–Crippen MR) is 63.1 cm³/mol. The molecule has 0 fully saturated rings. The summed E-state index contributed by atoms with van der Waals surface area (Å²) in [6.45, 7) is 0. The number of carboxylic acid groups (broad SMARTS) is 1. The third kappa shape index (κ3) is 8.33. The van der Waals surface area contributed by atoms with Gasteiger partial charge in [0.15, 0.2) is 0 Å². The van der Waals surface area contributed by atoms with Crippen molar-refractivity contribution in [1.82, 2.24) is 0 Å². The van der Waals surface area contributed by atoms with Crippen LogP contribution in [0.4, 0.5) is 0 Å². The summed E-state index contributed by atoms with van der Waals surface area (Å²) in [6, 6.07) is 21.6. The zero-order valence-electron chi connectivity index (χ0n) is 9.84. The molecule has 17 heavy (non-hydrogen) atoms. The minimum Gasteiger partial charge on any atom is -0.481 e. The molecular weight excluding hydrogens is 207 g/mol. The number of hydrogen-bond acceptors (Lipinski definition) is 1. The van der Waals surface area contributed by atoms with Crippen molar-refractivity contribution in [2.45, 2.75) is 6.42 Å². The number of hydrogen-bond donors (Lipinski definition) is 1. The molecular formula is C14H13LiO2. The van der Waals surface area contributed by atoms with E-state index in [9.17, 15) is 4.79 Å². The van der Waals surface area contributed by atoms with E-state index in [4.69, 9.17) is 5.11 Å². The Morgan fingerprint density at radius 2 is 1.53 bits per heavy atom. The van der Waals surface area contributed by atoms with E-state index in [1.807, 2.05) is 48.5 Å². The number of carbonyl (C=O) groups is 1. The molecule has 0 heterocycles. The summed E-state index contributed by atoms with van der Waals surface area (Å²) in [7, 11) is 0. The van der Waals surface area contributed by atoms with Crippen molar-refractivity contribution in [2.24, 2.45) is 0 Å². The van der Waals surface area contributed by atoms with Crippen LogP contribution in [0, 0.1) is 6.07 Å². The van der Waals surface area contributed by atoms with E-state index in [2.05, 4.69) is 6.07 Å². The van der Waals surface area contributed by atoms with Crippen LogP contribution in [0.25, 0.3) is 0 Å². The fourth-order valence-electron chi connectivity index (χ4n) is 1.11. The van der Waals surface area contributed by atoms with Crippen LogP contribution in [0.2, 0.25) is 0 Å². The van der Waals surface area contributed by atoms with Gasteiger partial charge in [-0.1, -0.05) is 30.3 Å². The molecule has 82 valence electrons. The molecule has 0 atom stereocenters. The fraction of sp³-hybridized carbons (Fsp3) is 0.0714. The van der Waals surface area contributed by atoms with E-state index < -0.39 is 5.97 Å². The Balaban J connectivity index is 0.000000316. The molecule has 0 bridgehead atoms. The predicted octanol–water partition coefficient (Wildman–Crippen LogP) is -0.196. The molecule has 2 rings (SSSR count). The molecule has 0 amide bonds. The molecule has 1 N–H and O–H groups in total. The quantitative estimate of drug-likeness (QED) is 0.562. The van der Waals surface area contributed by atoms with Gasteiger partial charge < -0.3 is 5.11 Å². The zero-order valence-corrected chi connectivity index (χ0v) is 9.84. The normalized spacial score (nSPS) is 8.24. The summed E-state index contributed by atoms with van der Waals surface area (Å²) >= 11 is 0. The monoisotopic (exact) mass is 220 g/mol. The summed E-state index contributed by atoms with van der Waals surface area (Å²) < 4.78 is 0. The minimum absolute atomic E-state index is 0. The maximum absolute atomic E-state index is 10.2. The van der Waals surface area contributed by atoms with E-state index >= 15 is 0 Å². The molecule has 3 heteroatoms. The molecule has 0 aromatic heterocycles. The van der Waals surface area contributed by atoms with Crippen molar-refractivity contribution in [2.75, 3.05) is 0 Å². The first-order chi connectivity index (χ1) is 7.79. The second-order valence-corrected chi connectivity index (χ2v) is 3.13. The van der Waals surface area contributed by atoms with E-state index in [1.165, 1.54) is 0 Å². The SMILES string of the molecule is O=C(O)Cc1ccccc1.[Li+].[c-]1ccccc1. The molecule has 0 unspecified atom stereocenters. The zero-order chi connectivity index (χ0) is 11.6. The van der Waals surface area contributed by atoms with Crippen LogP contribution in [0.3, 0.4) is 0 Å². The molecule has 2 aromatic carbocycles. The molecule has 0 aliphatic rings. The molecule has 0 radical (unpaired) electrons. The first kappa shape index (κ1) is 15.5. The van der Waals surface area contributed by atoms with Gasteiger partial charge in [0, 0.05) is 0 Å². The fourth-order valence-corrected chi connectivity index (χ4v) is 1.11. The molecule has 0 saturated carbocycles.